The van der Waals surface area contributed by atoms with E-state index in [1.165, 1.54) is 0 Å². The minimum Gasteiger partial charge on any atom is -0.502 e. The molecule has 1 aromatic rings. The fraction of sp³-hybridized carbons (Fsp3) is 0.667. The predicted molar refractivity (Wildman–Crippen MR) is 59.6 cm³/mol. The molecule has 1 saturated heterocycles. The van der Waals surface area contributed by atoms with Gasteiger partial charge in [0.2, 0.25) is 11.5 Å². The minimum absolute atomic E-state index is 0.0816. The highest BCUT2D eigenvalue weighted by molar-refractivity contribution is 5.51. The van der Waals surface area contributed by atoms with Gasteiger partial charge in [0.05, 0.1) is 6.61 Å². The van der Waals surface area contributed by atoms with Crippen molar-refractivity contribution in [2.24, 2.45) is 0 Å². The Kier molecular flexibility index (Phi) is 2.16. The van der Waals surface area contributed by atoms with Gasteiger partial charge in [-0.2, -0.15) is 0 Å². The SMILES string of the molecule is CC1(C)Oc2oc(C3COC(C)(C)O3)c(O)c2O1. The molecule has 0 aliphatic carbocycles. The molecule has 0 amide bonds. The van der Waals surface area contributed by atoms with Crippen LogP contribution >= 0.6 is 0 Å². The number of fused-ring (bicyclic) bond motifs is 1. The van der Waals surface area contributed by atoms with Crippen molar-refractivity contribution in [3.05, 3.63) is 5.76 Å². The third-order valence-electron chi connectivity index (χ3n) is 2.82. The maximum absolute atomic E-state index is 10.1. The molecule has 6 heteroatoms. The van der Waals surface area contributed by atoms with Gasteiger partial charge >= 0.3 is 5.95 Å². The lowest BCUT2D eigenvalue weighted by Crippen LogP contribution is -2.30. The average Bonchev–Trinajstić information content (AvgIpc) is 2.81. The summed E-state index contributed by atoms with van der Waals surface area (Å²) in [4.78, 5) is 0. The van der Waals surface area contributed by atoms with E-state index in [4.69, 9.17) is 23.4 Å². The molecule has 0 radical (unpaired) electrons. The summed E-state index contributed by atoms with van der Waals surface area (Å²) in [5.41, 5.74) is 0. The first kappa shape index (κ1) is 11.7. The van der Waals surface area contributed by atoms with E-state index >= 15 is 0 Å². The highest BCUT2D eigenvalue weighted by atomic mass is 16.8. The lowest BCUT2D eigenvalue weighted by Gasteiger charge is -2.18. The quantitative estimate of drug-likeness (QED) is 0.831. The molecule has 1 fully saturated rings. The molecule has 0 aromatic carbocycles. The van der Waals surface area contributed by atoms with Gasteiger partial charge in [0.15, 0.2) is 11.5 Å². The highest BCUT2D eigenvalue weighted by Gasteiger charge is 2.44. The normalized spacial score (nSPS) is 27.7. The van der Waals surface area contributed by atoms with Crippen molar-refractivity contribution in [1.82, 2.24) is 0 Å². The summed E-state index contributed by atoms with van der Waals surface area (Å²) in [6.45, 7) is 7.39. The van der Waals surface area contributed by atoms with Crippen LogP contribution in [0.15, 0.2) is 4.42 Å². The molecule has 0 spiro atoms. The number of hydrogen-bond acceptors (Lipinski definition) is 6. The fourth-order valence-electron chi connectivity index (χ4n) is 2.08. The van der Waals surface area contributed by atoms with Gasteiger partial charge in [0.1, 0.15) is 6.10 Å². The Morgan fingerprint density at radius 1 is 1.11 bits per heavy atom. The summed E-state index contributed by atoms with van der Waals surface area (Å²) < 4.78 is 27.4. The Bertz CT molecular complexity index is 487. The highest BCUT2D eigenvalue weighted by Crippen LogP contribution is 2.53. The molecule has 6 nitrogen and oxygen atoms in total. The number of aromatic hydroxyl groups is 1. The second kappa shape index (κ2) is 3.33. The van der Waals surface area contributed by atoms with Gasteiger partial charge in [0.25, 0.3) is 5.75 Å². The largest absolute Gasteiger partial charge is 0.502 e. The summed E-state index contributed by atoms with van der Waals surface area (Å²) in [6, 6.07) is 0. The van der Waals surface area contributed by atoms with E-state index in [9.17, 15) is 5.11 Å². The first-order valence-corrected chi connectivity index (χ1v) is 5.83. The van der Waals surface area contributed by atoms with Crippen molar-refractivity contribution < 1.29 is 28.5 Å². The molecule has 100 valence electrons. The van der Waals surface area contributed by atoms with Crippen LogP contribution in [0.5, 0.6) is 17.4 Å². The van der Waals surface area contributed by atoms with E-state index in [2.05, 4.69) is 0 Å². The molecule has 0 bridgehead atoms. The van der Waals surface area contributed by atoms with Gasteiger partial charge in [-0.1, -0.05) is 0 Å². The van der Waals surface area contributed by atoms with E-state index < -0.39 is 17.7 Å². The van der Waals surface area contributed by atoms with Crippen molar-refractivity contribution in [3.63, 3.8) is 0 Å². The lowest BCUT2D eigenvalue weighted by molar-refractivity contribution is -0.141. The predicted octanol–water partition coefficient (Wildman–Crippen LogP) is 2.32. The number of ether oxygens (including phenoxy) is 4. The molecule has 2 aliphatic rings. The molecule has 1 atom stereocenters. The maximum Gasteiger partial charge on any atom is 0.336 e. The minimum atomic E-state index is -0.823. The van der Waals surface area contributed by atoms with Crippen molar-refractivity contribution >= 4 is 0 Å². The van der Waals surface area contributed by atoms with Crippen LogP contribution in [-0.4, -0.2) is 23.3 Å². The maximum atomic E-state index is 10.1. The molecule has 0 saturated carbocycles. The topological polar surface area (TPSA) is 70.3 Å². The van der Waals surface area contributed by atoms with Gasteiger partial charge in [-0.15, -0.1) is 0 Å². The second-order valence-electron chi connectivity index (χ2n) is 5.35. The van der Waals surface area contributed by atoms with E-state index in [1.807, 2.05) is 0 Å². The smallest absolute Gasteiger partial charge is 0.336 e. The van der Waals surface area contributed by atoms with Crippen LogP contribution in [0, 0.1) is 0 Å². The molecule has 1 unspecified atom stereocenters. The Labute approximate surface area is 104 Å². The second-order valence-corrected chi connectivity index (χ2v) is 5.35. The van der Waals surface area contributed by atoms with Crippen LogP contribution in [0.1, 0.15) is 39.6 Å². The fourth-order valence-corrected chi connectivity index (χ4v) is 2.08. The summed E-state index contributed by atoms with van der Waals surface area (Å²) in [5, 5.41) is 10.1. The first-order valence-electron chi connectivity index (χ1n) is 5.83. The van der Waals surface area contributed by atoms with Crippen LogP contribution in [0.2, 0.25) is 0 Å². The standard InChI is InChI=1S/C12H16O6/c1-11(2)14-5-6(16-11)8-7(13)9-10(15-8)18-12(3,4)17-9/h6,13H,5H2,1-4H3. The zero-order valence-electron chi connectivity index (χ0n) is 10.8. The lowest BCUT2D eigenvalue weighted by atomic mass is 10.2. The van der Waals surface area contributed by atoms with E-state index in [-0.39, 0.29) is 23.2 Å². The molecule has 3 rings (SSSR count). The van der Waals surface area contributed by atoms with E-state index in [0.717, 1.165) is 0 Å². The van der Waals surface area contributed by atoms with Gasteiger partial charge in [-0.3, -0.25) is 0 Å². The molecule has 18 heavy (non-hydrogen) atoms. The molecule has 1 aromatic heterocycles. The molecular weight excluding hydrogens is 240 g/mol. The summed E-state index contributed by atoms with van der Waals surface area (Å²) in [5.74, 6) is -0.904. The summed E-state index contributed by atoms with van der Waals surface area (Å²) >= 11 is 0. The van der Waals surface area contributed by atoms with Crippen LogP contribution in [-0.2, 0) is 9.47 Å². The van der Waals surface area contributed by atoms with Gasteiger partial charge in [-0.05, 0) is 13.8 Å². The third-order valence-corrected chi connectivity index (χ3v) is 2.82. The summed E-state index contributed by atoms with van der Waals surface area (Å²) in [7, 11) is 0. The molecule has 1 N–H and O–H groups in total. The van der Waals surface area contributed by atoms with E-state index in [1.54, 1.807) is 27.7 Å². The Morgan fingerprint density at radius 2 is 1.83 bits per heavy atom. The monoisotopic (exact) mass is 256 g/mol. The van der Waals surface area contributed by atoms with Crippen molar-refractivity contribution in [2.45, 2.75) is 45.4 Å². The average molecular weight is 256 g/mol. The molecule has 2 aliphatic heterocycles. The number of hydrogen-bond donors (Lipinski definition) is 1. The first-order chi connectivity index (χ1) is 8.27. The Morgan fingerprint density at radius 3 is 2.39 bits per heavy atom. The zero-order valence-corrected chi connectivity index (χ0v) is 10.8. The van der Waals surface area contributed by atoms with Gasteiger partial charge in [0, 0.05) is 13.8 Å². The Hall–Kier alpha value is -1.40. The third kappa shape index (κ3) is 1.72. The van der Waals surface area contributed by atoms with Crippen molar-refractivity contribution in [2.75, 3.05) is 6.61 Å². The van der Waals surface area contributed by atoms with Gasteiger partial charge < -0.3 is 28.5 Å². The zero-order chi connectivity index (χ0) is 13.1. The number of furan rings is 1. The number of rotatable bonds is 1. The summed E-state index contributed by atoms with van der Waals surface area (Å²) in [6.07, 6.45) is -0.457. The van der Waals surface area contributed by atoms with Crippen LogP contribution < -0.4 is 9.47 Å². The van der Waals surface area contributed by atoms with Gasteiger partial charge in [-0.25, -0.2) is 0 Å². The van der Waals surface area contributed by atoms with Crippen molar-refractivity contribution in [1.29, 1.82) is 0 Å². The van der Waals surface area contributed by atoms with Crippen LogP contribution in [0.25, 0.3) is 0 Å². The molecule has 3 heterocycles. The van der Waals surface area contributed by atoms with Crippen LogP contribution in [0.3, 0.4) is 0 Å². The van der Waals surface area contributed by atoms with Crippen molar-refractivity contribution in [3.8, 4) is 17.4 Å². The molecular formula is C12H16O6. The Balaban J connectivity index is 1.89. The van der Waals surface area contributed by atoms with Crippen LogP contribution in [0.4, 0.5) is 0 Å². The van der Waals surface area contributed by atoms with E-state index in [0.29, 0.717) is 6.61 Å².